The van der Waals surface area contributed by atoms with Gasteiger partial charge in [0.15, 0.2) is 0 Å². The van der Waals surface area contributed by atoms with Crippen molar-refractivity contribution in [1.82, 2.24) is 0 Å². The maximum absolute atomic E-state index is 12.5. The first kappa shape index (κ1) is 29.8. The Bertz CT molecular complexity index is 1120. The zero-order chi connectivity index (χ0) is 27.5. The number of hydrogen-bond donors (Lipinski definition) is 0. The minimum atomic E-state index is -0.431. The molecule has 3 rings (SSSR count). The molecule has 0 unspecified atom stereocenters. The van der Waals surface area contributed by atoms with Crippen LogP contribution >= 0.6 is 0 Å². The average molecular weight is 535 g/mol. The molecular formula is C31H38N2O6. The number of rotatable bonds is 18. The molecule has 39 heavy (non-hydrogen) atoms. The predicted octanol–water partition coefficient (Wildman–Crippen LogP) is 7.71. The number of nitrogens with zero attached hydrogens (tertiary/aromatic N) is 2. The minimum Gasteiger partial charge on any atom is -0.494 e. The van der Waals surface area contributed by atoms with E-state index in [1.54, 1.807) is 55.6 Å². The molecule has 0 aliphatic heterocycles. The summed E-state index contributed by atoms with van der Waals surface area (Å²) in [5.41, 5.74) is 1.79. The molecular weight excluding hydrogens is 496 g/mol. The first-order valence-corrected chi connectivity index (χ1v) is 13.4. The number of benzene rings is 3. The lowest BCUT2D eigenvalue weighted by molar-refractivity contribution is 0.0544. The van der Waals surface area contributed by atoms with Crippen LogP contribution in [0.1, 0.15) is 49.4 Å². The second-order valence-corrected chi connectivity index (χ2v) is 8.82. The van der Waals surface area contributed by atoms with E-state index in [0.29, 0.717) is 55.7 Å². The van der Waals surface area contributed by atoms with Crippen LogP contribution in [0, 0.1) is 0 Å². The highest BCUT2D eigenvalue weighted by Crippen LogP contribution is 2.24. The van der Waals surface area contributed by atoms with Crippen LogP contribution in [-0.4, -0.2) is 46.1 Å². The second kappa shape index (κ2) is 17.7. The summed E-state index contributed by atoms with van der Waals surface area (Å²) in [4.78, 5) is 12.5. The Balaban J connectivity index is 1.40. The van der Waals surface area contributed by atoms with E-state index in [9.17, 15) is 4.79 Å². The van der Waals surface area contributed by atoms with Crippen molar-refractivity contribution in [2.45, 2.75) is 39.0 Å². The molecule has 0 spiro atoms. The fourth-order valence-corrected chi connectivity index (χ4v) is 3.52. The molecule has 0 heterocycles. The van der Waals surface area contributed by atoms with Crippen LogP contribution in [0.4, 0.5) is 11.4 Å². The van der Waals surface area contributed by atoms with Crippen LogP contribution in [0.25, 0.3) is 0 Å². The number of carbonyl (C=O) groups excluding carboxylic acids is 1. The van der Waals surface area contributed by atoms with Crippen LogP contribution < -0.4 is 14.2 Å². The normalized spacial score (nSPS) is 11.0. The largest absolute Gasteiger partial charge is 0.494 e. The standard InChI is InChI=1S/C31H38N2O6/c1-3-4-5-6-7-20-37-28-14-8-25(9-15-28)31(34)39-30-18-12-27(13-19-30)33-32-26-10-16-29(17-11-26)38-24-23-36-22-21-35-2/h8-19H,3-7,20-24H2,1-2H3. The molecule has 8 nitrogen and oxygen atoms in total. The van der Waals surface area contributed by atoms with Gasteiger partial charge in [0.1, 0.15) is 23.9 Å². The summed E-state index contributed by atoms with van der Waals surface area (Å²) in [7, 11) is 1.64. The summed E-state index contributed by atoms with van der Waals surface area (Å²) in [5, 5.41) is 8.49. The Morgan fingerprint density at radius 1 is 0.615 bits per heavy atom. The van der Waals surface area contributed by atoms with Crippen molar-refractivity contribution < 1.29 is 28.5 Å². The quantitative estimate of drug-likeness (QED) is 0.0719. The van der Waals surface area contributed by atoms with Gasteiger partial charge >= 0.3 is 5.97 Å². The molecule has 0 fully saturated rings. The summed E-state index contributed by atoms with van der Waals surface area (Å²) in [6, 6.07) is 21.2. The van der Waals surface area contributed by atoms with Gasteiger partial charge in [0, 0.05) is 7.11 Å². The Hall–Kier alpha value is -3.75. The highest BCUT2D eigenvalue weighted by Gasteiger charge is 2.09. The predicted molar refractivity (Wildman–Crippen MR) is 151 cm³/mol. The van der Waals surface area contributed by atoms with Gasteiger partial charge < -0.3 is 23.7 Å². The van der Waals surface area contributed by atoms with E-state index in [-0.39, 0.29) is 0 Å². The molecule has 0 aromatic heterocycles. The summed E-state index contributed by atoms with van der Waals surface area (Å²) in [6.07, 6.45) is 5.95. The van der Waals surface area contributed by atoms with Gasteiger partial charge in [0.25, 0.3) is 0 Å². The fourth-order valence-electron chi connectivity index (χ4n) is 3.52. The average Bonchev–Trinajstić information content (AvgIpc) is 2.97. The van der Waals surface area contributed by atoms with E-state index in [1.165, 1.54) is 25.7 Å². The second-order valence-electron chi connectivity index (χ2n) is 8.82. The zero-order valence-corrected chi connectivity index (χ0v) is 22.8. The number of ether oxygens (including phenoxy) is 5. The monoisotopic (exact) mass is 534 g/mol. The molecule has 3 aromatic rings. The molecule has 3 aromatic carbocycles. The van der Waals surface area contributed by atoms with Gasteiger partial charge in [-0.25, -0.2) is 4.79 Å². The van der Waals surface area contributed by atoms with Crippen LogP contribution in [0.3, 0.4) is 0 Å². The van der Waals surface area contributed by atoms with Crippen molar-refractivity contribution in [3.8, 4) is 17.2 Å². The SMILES string of the molecule is CCCCCCCOc1ccc(C(=O)Oc2ccc(N=Nc3ccc(OCCOCCOC)cc3)cc2)cc1. The highest BCUT2D eigenvalue weighted by molar-refractivity contribution is 5.91. The molecule has 0 saturated heterocycles. The van der Waals surface area contributed by atoms with Crippen molar-refractivity contribution in [3.05, 3.63) is 78.4 Å². The van der Waals surface area contributed by atoms with Crippen LogP contribution in [0.15, 0.2) is 83.0 Å². The Labute approximate surface area is 230 Å². The molecule has 0 radical (unpaired) electrons. The van der Waals surface area contributed by atoms with Crippen molar-refractivity contribution >= 4 is 17.3 Å². The first-order valence-electron chi connectivity index (χ1n) is 13.4. The Morgan fingerprint density at radius 3 is 1.77 bits per heavy atom. The molecule has 0 atom stereocenters. The molecule has 8 heteroatoms. The van der Waals surface area contributed by atoms with Gasteiger partial charge in [-0.15, -0.1) is 0 Å². The zero-order valence-electron chi connectivity index (χ0n) is 22.8. The van der Waals surface area contributed by atoms with Gasteiger partial charge in [0.05, 0.1) is 43.4 Å². The van der Waals surface area contributed by atoms with E-state index in [2.05, 4.69) is 17.2 Å². The summed E-state index contributed by atoms with van der Waals surface area (Å²) in [5.74, 6) is 1.48. The smallest absolute Gasteiger partial charge is 0.343 e. The highest BCUT2D eigenvalue weighted by atomic mass is 16.5. The van der Waals surface area contributed by atoms with E-state index in [0.717, 1.165) is 17.9 Å². The van der Waals surface area contributed by atoms with E-state index in [1.807, 2.05) is 24.3 Å². The van der Waals surface area contributed by atoms with E-state index >= 15 is 0 Å². The molecule has 208 valence electrons. The molecule has 0 aliphatic rings. The van der Waals surface area contributed by atoms with Crippen LogP contribution in [0.5, 0.6) is 17.2 Å². The third-order valence-electron chi connectivity index (χ3n) is 5.70. The van der Waals surface area contributed by atoms with Gasteiger partial charge in [-0.2, -0.15) is 10.2 Å². The number of azo groups is 1. The van der Waals surface area contributed by atoms with Gasteiger partial charge in [-0.05, 0) is 79.2 Å². The molecule has 0 amide bonds. The molecule has 0 N–H and O–H groups in total. The molecule has 0 bridgehead atoms. The number of methoxy groups -OCH3 is 1. The van der Waals surface area contributed by atoms with Crippen molar-refractivity contribution in [2.24, 2.45) is 10.2 Å². The van der Waals surface area contributed by atoms with Crippen LogP contribution in [-0.2, 0) is 9.47 Å². The third kappa shape index (κ3) is 11.7. The number of esters is 1. The summed E-state index contributed by atoms with van der Waals surface area (Å²) in [6.45, 7) is 4.96. The molecule has 0 saturated carbocycles. The Morgan fingerprint density at radius 2 is 1.15 bits per heavy atom. The summed E-state index contributed by atoms with van der Waals surface area (Å²) >= 11 is 0. The van der Waals surface area contributed by atoms with Crippen molar-refractivity contribution in [2.75, 3.05) is 40.1 Å². The van der Waals surface area contributed by atoms with E-state index < -0.39 is 5.97 Å². The van der Waals surface area contributed by atoms with Gasteiger partial charge in [0.2, 0.25) is 0 Å². The van der Waals surface area contributed by atoms with E-state index in [4.69, 9.17) is 23.7 Å². The Kier molecular flexibility index (Phi) is 13.5. The van der Waals surface area contributed by atoms with Crippen molar-refractivity contribution in [3.63, 3.8) is 0 Å². The maximum atomic E-state index is 12.5. The molecule has 0 aliphatic carbocycles. The lowest BCUT2D eigenvalue weighted by Gasteiger charge is -2.08. The maximum Gasteiger partial charge on any atom is 0.343 e. The van der Waals surface area contributed by atoms with Gasteiger partial charge in [-0.3, -0.25) is 0 Å². The topological polar surface area (TPSA) is 87.9 Å². The number of hydrogen-bond acceptors (Lipinski definition) is 8. The number of unbranched alkanes of at least 4 members (excludes halogenated alkanes) is 4. The summed E-state index contributed by atoms with van der Waals surface area (Å²) < 4.78 is 27.2. The third-order valence-corrected chi connectivity index (χ3v) is 5.70. The minimum absolute atomic E-state index is 0.430. The fraction of sp³-hybridized carbons (Fsp3) is 0.387. The van der Waals surface area contributed by atoms with Crippen molar-refractivity contribution in [1.29, 1.82) is 0 Å². The number of carbonyl (C=O) groups is 1. The first-order chi connectivity index (χ1) is 19.2. The lowest BCUT2D eigenvalue weighted by atomic mass is 10.2. The van der Waals surface area contributed by atoms with Gasteiger partial charge in [-0.1, -0.05) is 32.6 Å². The lowest BCUT2D eigenvalue weighted by Crippen LogP contribution is -2.09. The van der Waals surface area contributed by atoms with Crippen LogP contribution in [0.2, 0.25) is 0 Å².